The second-order valence-electron chi connectivity index (χ2n) is 4.86. The van der Waals surface area contributed by atoms with Crippen LogP contribution in [0, 0.1) is 6.92 Å². The summed E-state index contributed by atoms with van der Waals surface area (Å²) in [5.74, 6) is -0.209. The van der Waals surface area contributed by atoms with Crippen molar-refractivity contribution in [2.75, 3.05) is 0 Å². The molecule has 0 saturated heterocycles. The number of carbonyl (C=O) groups excluding carboxylic acids is 1. The highest BCUT2D eigenvalue weighted by Gasteiger charge is 2.16. The summed E-state index contributed by atoms with van der Waals surface area (Å²) < 4.78 is 1.43. The van der Waals surface area contributed by atoms with Crippen molar-refractivity contribution in [2.24, 2.45) is 0 Å². The Balaban J connectivity index is 1.80. The van der Waals surface area contributed by atoms with E-state index < -0.39 is 0 Å². The SMILES string of the molecule is Cc1nc(-n2ccccc2=O)sc1C(=O)NCc1cccnc1. The molecule has 0 fully saturated rings. The van der Waals surface area contributed by atoms with Gasteiger partial charge in [0.2, 0.25) is 0 Å². The number of amides is 1. The number of aryl methyl sites for hydroxylation is 1. The van der Waals surface area contributed by atoms with Crippen molar-refractivity contribution in [3.05, 3.63) is 75.4 Å². The predicted octanol–water partition coefficient (Wildman–Crippen LogP) is 1.93. The lowest BCUT2D eigenvalue weighted by atomic mass is 10.3. The third kappa shape index (κ3) is 3.35. The predicted molar refractivity (Wildman–Crippen MR) is 87.9 cm³/mol. The van der Waals surface area contributed by atoms with Crippen LogP contribution in [0.25, 0.3) is 5.13 Å². The summed E-state index contributed by atoms with van der Waals surface area (Å²) >= 11 is 1.19. The quantitative estimate of drug-likeness (QED) is 0.795. The van der Waals surface area contributed by atoms with Gasteiger partial charge in [0.05, 0.1) is 5.69 Å². The molecule has 23 heavy (non-hydrogen) atoms. The van der Waals surface area contributed by atoms with E-state index in [1.54, 1.807) is 37.6 Å². The van der Waals surface area contributed by atoms with Gasteiger partial charge in [0.1, 0.15) is 4.88 Å². The average Bonchev–Trinajstić information content (AvgIpc) is 2.96. The zero-order chi connectivity index (χ0) is 16.2. The van der Waals surface area contributed by atoms with Crippen LogP contribution in [0.1, 0.15) is 20.9 Å². The van der Waals surface area contributed by atoms with E-state index in [4.69, 9.17) is 0 Å². The molecular formula is C16H14N4O2S. The van der Waals surface area contributed by atoms with E-state index in [0.717, 1.165) is 5.56 Å². The highest BCUT2D eigenvalue weighted by Crippen LogP contribution is 2.20. The van der Waals surface area contributed by atoms with Crippen molar-refractivity contribution < 1.29 is 4.79 Å². The minimum absolute atomic E-state index is 0.177. The van der Waals surface area contributed by atoms with Gasteiger partial charge in [-0.25, -0.2) is 4.98 Å². The molecule has 0 aliphatic carbocycles. The molecule has 3 aromatic rings. The Morgan fingerprint density at radius 1 is 1.30 bits per heavy atom. The fraction of sp³-hybridized carbons (Fsp3) is 0.125. The van der Waals surface area contributed by atoms with Crippen molar-refractivity contribution in [1.82, 2.24) is 19.9 Å². The Kier molecular flexibility index (Phi) is 4.29. The standard InChI is InChI=1S/C16H14N4O2S/c1-11-14(15(22)18-10-12-5-4-7-17-9-12)23-16(19-11)20-8-3-2-6-13(20)21/h2-9H,10H2,1H3,(H,18,22). The van der Waals surface area contributed by atoms with Crippen LogP contribution in [-0.4, -0.2) is 20.4 Å². The van der Waals surface area contributed by atoms with Gasteiger partial charge in [0.25, 0.3) is 11.5 Å². The molecule has 116 valence electrons. The first-order valence-corrected chi connectivity index (χ1v) is 7.79. The van der Waals surface area contributed by atoms with Gasteiger partial charge in [-0.1, -0.05) is 23.5 Å². The summed E-state index contributed by atoms with van der Waals surface area (Å²) in [6.07, 6.45) is 5.02. The lowest BCUT2D eigenvalue weighted by molar-refractivity contribution is 0.0954. The van der Waals surface area contributed by atoms with E-state index in [0.29, 0.717) is 22.2 Å². The maximum Gasteiger partial charge on any atom is 0.263 e. The number of carbonyl (C=O) groups is 1. The lowest BCUT2D eigenvalue weighted by Gasteiger charge is -2.03. The van der Waals surface area contributed by atoms with Gasteiger partial charge in [-0.2, -0.15) is 0 Å². The number of pyridine rings is 2. The fourth-order valence-corrected chi connectivity index (χ4v) is 3.02. The topological polar surface area (TPSA) is 76.9 Å². The molecule has 0 bridgehead atoms. The van der Waals surface area contributed by atoms with E-state index >= 15 is 0 Å². The molecule has 7 heteroatoms. The second-order valence-corrected chi connectivity index (χ2v) is 5.84. The molecule has 0 atom stereocenters. The van der Waals surface area contributed by atoms with Gasteiger partial charge >= 0.3 is 0 Å². The Morgan fingerprint density at radius 3 is 2.91 bits per heavy atom. The zero-order valence-electron chi connectivity index (χ0n) is 12.4. The van der Waals surface area contributed by atoms with Crippen LogP contribution < -0.4 is 10.9 Å². The maximum atomic E-state index is 12.3. The van der Waals surface area contributed by atoms with Gasteiger partial charge in [0.15, 0.2) is 5.13 Å². The maximum absolute atomic E-state index is 12.3. The molecule has 0 radical (unpaired) electrons. The number of thiazole rings is 1. The summed E-state index contributed by atoms with van der Waals surface area (Å²) in [6.45, 7) is 2.15. The van der Waals surface area contributed by atoms with E-state index in [1.165, 1.54) is 22.0 Å². The molecule has 0 aliphatic rings. The molecule has 6 nitrogen and oxygen atoms in total. The van der Waals surface area contributed by atoms with Crippen LogP contribution in [0.4, 0.5) is 0 Å². The van der Waals surface area contributed by atoms with Crippen molar-refractivity contribution in [3.63, 3.8) is 0 Å². The Hall–Kier alpha value is -2.80. The normalized spacial score (nSPS) is 10.5. The third-order valence-electron chi connectivity index (χ3n) is 3.20. The Labute approximate surface area is 136 Å². The van der Waals surface area contributed by atoms with Crippen LogP contribution in [-0.2, 0) is 6.54 Å². The van der Waals surface area contributed by atoms with Crippen LogP contribution in [0.15, 0.2) is 53.7 Å². The van der Waals surface area contributed by atoms with Gasteiger partial charge in [-0.05, 0) is 24.6 Å². The van der Waals surface area contributed by atoms with Crippen molar-refractivity contribution >= 4 is 17.2 Å². The molecule has 0 saturated carbocycles. The van der Waals surface area contributed by atoms with E-state index in [9.17, 15) is 9.59 Å². The van der Waals surface area contributed by atoms with Crippen molar-refractivity contribution in [3.8, 4) is 5.13 Å². The van der Waals surface area contributed by atoms with Gasteiger partial charge in [-0.3, -0.25) is 19.1 Å². The molecule has 3 rings (SSSR count). The van der Waals surface area contributed by atoms with Gasteiger partial charge in [-0.15, -0.1) is 0 Å². The number of rotatable bonds is 4. The molecule has 3 heterocycles. The Morgan fingerprint density at radius 2 is 2.17 bits per heavy atom. The smallest absolute Gasteiger partial charge is 0.263 e. The Bertz CT molecular complexity index is 886. The first-order chi connectivity index (χ1) is 11.1. The first kappa shape index (κ1) is 15.1. The number of nitrogens with zero attached hydrogens (tertiary/aromatic N) is 3. The highest BCUT2D eigenvalue weighted by molar-refractivity contribution is 7.16. The molecule has 1 amide bonds. The van der Waals surface area contributed by atoms with Crippen molar-refractivity contribution in [1.29, 1.82) is 0 Å². The molecule has 1 N–H and O–H groups in total. The van der Waals surface area contributed by atoms with Crippen LogP contribution in [0.5, 0.6) is 0 Å². The summed E-state index contributed by atoms with van der Waals surface area (Å²) in [5.41, 5.74) is 1.34. The van der Waals surface area contributed by atoms with Crippen LogP contribution in [0.2, 0.25) is 0 Å². The molecular weight excluding hydrogens is 312 g/mol. The number of nitrogens with one attached hydrogen (secondary N) is 1. The largest absolute Gasteiger partial charge is 0.347 e. The minimum Gasteiger partial charge on any atom is -0.347 e. The van der Waals surface area contributed by atoms with E-state index in [2.05, 4.69) is 15.3 Å². The highest BCUT2D eigenvalue weighted by atomic mass is 32.1. The number of aromatic nitrogens is 3. The summed E-state index contributed by atoms with van der Waals surface area (Å²) in [5, 5.41) is 3.33. The molecule has 0 spiro atoms. The summed E-state index contributed by atoms with van der Waals surface area (Å²) in [6, 6.07) is 8.58. The minimum atomic E-state index is -0.209. The van der Waals surface area contributed by atoms with Gasteiger partial charge in [0, 0.05) is 31.2 Å². The van der Waals surface area contributed by atoms with Crippen molar-refractivity contribution in [2.45, 2.75) is 13.5 Å². The van der Waals surface area contributed by atoms with Gasteiger partial charge < -0.3 is 5.32 Å². The van der Waals surface area contributed by atoms with E-state index in [1.807, 2.05) is 12.1 Å². The van der Waals surface area contributed by atoms with E-state index in [-0.39, 0.29) is 11.5 Å². The molecule has 0 aliphatic heterocycles. The first-order valence-electron chi connectivity index (χ1n) is 6.98. The number of hydrogen-bond acceptors (Lipinski definition) is 5. The third-order valence-corrected chi connectivity index (χ3v) is 4.35. The average molecular weight is 326 g/mol. The van der Waals surface area contributed by atoms with Crippen LogP contribution in [0.3, 0.4) is 0 Å². The molecule has 0 aromatic carbocycles. The monoisotopic (exact) mass is 326 g/mol. The summed E-state index contributed by atoms with van der Waals surface area (Å²) in [4.78, 5) is 33.0. The number of hydrogen-bond donors (Lipinski definition) is 1. The molecule has 3 aromatic heterocycles. The zero-order valence-corrected chi connectivity index (χ0v) is 13.2. The van der Waals surface area contributed by atoms with Crippen LogP contribution >= 0.6 is 11.3 Å². The lowest BCUT2D eigenvalue weighted by Crippen LogP contribution is -2.22. The summed E-state index contributed by atoms with van der Waals surface area (Å²) in [7, 11) is 0. The second kappa shape index (κ2) is 6.53. The molecule has 0 unspecified atom stereocenters. The fourth-order valence-electron chi connectivity index (χ4n) is 2.05.